The Hall–Kier alpha value is -2.75. The number of carboxylic acid groups (broad SMARTS) is 1. The van der Waals surface area contributed by atoms with E-state index in [9.17, 15) is 4.79 Å². The Morgan fingerprint density at radius 1 is 1.14 bits per heavy atom. The zero-order valence-electron chi connectivity index (χ0n) is 12.5. The van der Waals surface area contributed by atoms with Crippen LogP contribution in [0, 0.1) is 0 Å². The van der Waals surface area contributed by atoms with Crippen molar-refractivity contribution >= 4 is 16.9 Å². The number of hydrogen-bond acceptors (Lipinski definition) is 2. The van der Waals surface area contributed by atoms with E-state index in [1.807, 2.05) is 42.6 Å². The fraction of sp³-hybridized carbons (Fsp3) is 0.167. The second-order valence-corrected chi connectivity index (χ2v) is 4.75. The summed E-state index contributed by atoms with van der Waals surface area (Å²) in [6.45, 7) is 2.21. The summed E-state index contributed by atoms with van der Waals surface area (Å²) in [6, 6.07) is 18.3. The van der Waals surface area contributed by atoms with Crippen molar-refractivity contribution in [2.75, 3.05) is 0 Å². The quantitative estimate of drug-likeness (QED) is 0.757. The van der Waals surface area contributed by atoms with Crippen LogP contribution in [0.25, 0.3) is 10.9 Å². The molecule has 0 bridgehead atoms. The first-order chi connectivity index (χ1) is 10.7. The number of carboxylic acids is 1. The molecule has 0 amide bonds. The van der Waals surface area contributed by atoms with Crippen LogP contribution in [0.3, 0.4) is 0 Å². The van der Waals surface area contributed by atoms with Gasteiger partial charge >= 0.3 is 5.97 Å². The molecule has 3 rings (SSSR count). The minimum atomic E-state index is -0.745. The summed E-state index contributed by atoms with van der Waals surface area (Å²) < 4.78 is 5.76. The minimum Gasteiger partial charge on any atom is -0.489 e. The maximum absolute atomic E-state index is 9.37. The van der Waals surface area contributed by atoms with Crippen LogP contribution in [-0.4, -0.2) is 16.1 Å². The van der Waals surface area contributed by atoms with Crippen LogP contribution in [0.15, 0.2) is 60.8 Å². The highest BCUT2D eigenvalue weighted by molar-refractivity contribution is 5.80. The van der Waals surface area contributed by atoms with Gasteiger partial charge in [0, 0.05) is 23.5 Å². The standard InChI is InChI=1S/C15H13NO.C3H6O2/c1-2-4-12(5-3-1)11-17-14-6-7-15-13(10-14)8-9-16-15;1-2-3(4)5/h1-10,16H,11H2;2H2,1H3,(H,4,5). The van der Waals surface area contributed by atoms with E-state index in [-0.39, 0.29) is 6.42 Å². The van der Waals surface area contributed by atoms with Crippen LogP contribution in [0.1, 0.15) is 18.9 Å². The predicted octanol–water partition coefficient (Wildman–Crippen LogP) is 4.23. The Morgan fingerprint density at radius 3 is 2.55 bits per heavy atom. The molecule has 1 heterocycles. The second kappa shape index (κ2) is 7.88. The van der Waals surface area contributed by atoms with Gasteiger partial charge in [0.1, 0.15) is 12.4 Å². The number of fused-ring (bicyclic) bond motifs is 1. The van der Waals surface area contributed by atoms with Gasteiger partial charge in [0.2, 0.25) is 0 Å². The van der Waals surface area contributed by atoms with Crippen molar-refractivity contribution in [2.45, 2.75) is 20.0 Å². The van der Waals surface area contributed by atoms with E-state index in [0.717, 1.165) is 11.3 Å². The molecule has 0 fully saturated rings. The summed E-state index contributed by atoms with van der Waals surface area (Å²) in [5, 5.41) is 8.90. The van der Waals surface area contributed by atoms with Crippen molar-refractivity contribution in [1.29, 1.82) is 0 Å². The molecule has 0 saturated carbocycles. The first kappa shape index (κ1) is 15.6. The lowest BCUT2D eigenvalue weighted by molar-refractivity contribution is -0.136. The van der Waals surface area contributed by atoms with Crippen molar-refractivity contribution in [3.05, 3.63) is 66.4 Å². The fourth-order valence-corrected chi connectivity index (χ4v) is 1.86. The first-order valence-electron chi connectivity index (χ1n) is 7.14. The number of nitrogens with one attached hydrogen (secondary N) is 1. The molecule has 114 valence electrons. The van der Waals surface area contributed by atoms with Crippen LogP contribution < -0.4 is 4.74 Å². The van der Waals surface area contributed by atoms with E-state index in [4.69, 9.17) is 9.84 Å². The number of aromatic nitrogens is 1. The molecule has 2 aromatic carbocycles. The number of rotatable bonds is 4. The van der Waals surface area contributed by atoms with Gasteiger partial charge in [-0.15, -0.1) is 0 Å². The Bertz CT molecular complexity index is 719. The highest BCUT2D eigenvalue weighted by atomic mass is 16.5. The third kappa shape index (κ3) is 4.66. The number of carbonyl (C=O) groups is 1. The number of hydrogen-bond donors (Lipinski definition) is 2. The monoisotopic (exact) mass is 297 g/mol. The Kier molecular flexibility index (Phi) is 5.60. The molecule has 0 aliphatic carbocycles. The van der Waals surface area contributed by atoms with Gasteiger partial charge in [-0.1, -0.05) is 37.3 Å². The van der Waals surface area contributed by atoms with Gasteiger partial charge in [-0.3, -0.25) is 4.79 Å². The van der Waals surface area contributed by atoms with Crippen molar-refractivity contribution in [3.63, 3.8) is 0 Å². The van der Waals surface area contributed by atoms with Crippen molar-refractivity contribution < 1.29 is 14.6 Å². The van der Waals surface area contributed by atoms with Gasteiger partial charge in [0.05, 0.1) is 0 Å². The SMILES string of the molecule is CCC(=O)O.c1ccc(COc2ccc3[nH]ccc3c2)cc1. The molecule has 2 N–H and O–H groups in total. The van der Waals surface area contributed by atoms with Crippen molar-refractivity contribution in [2.24, 2.45) is 0 Å². The largest absolute Gasteiger partial charge is 0.489 e. The summed E-state index contributed by atoms with van der Waals surface area (Å²) in [4.78, 5) is 12.5. The van der Waals surface area contributed by atoms with Gasteiger partial charge in [-0.25, -0.2) is 0 Å². The number of ether oxygens (including phenoxy) is 1. The molecule has 3 aromatic rings. The van der Waals surface area contributed by atoms with E-state index in [0.29, 0.717) is 6.61 Å². The zero-order chi connectivity index (χ0) is 15.8. The number of benzene rings is 2. The maximum atomic E-state index is 9.37. The Balaban J connectivity index is 0.000000309. The average molecular weight is 297 g/mol. The maximum Gasteiger partial charge on any atom is 0.303 e. The molecule has 0 aliphatic heterocycles. The molecule has 0 spiro atoms. The Morgan fingerprint density at radius 2 is 1.86 bits per heavy atom. The van der Waals surface area contributed by atoms with E-state index < -0.39 is 5.97 Å². The normalized spacial score (nSPS) is 9.86. The molecule has 0 radical (unpaired) electrons. The molecular formula is C18H19NO3. The molecule has 0 saturated heterocycles. The lowest BCUT2D eigenvalue weighted by Crippen LogP contribution is -1.94. The van der Waals surface area contributed by atoms with Crippen molar-refractivity contribution in [3.8, 4) is 5.75 Å². The van der Waals surface area contributed by atoms with E-state index in [1.165, 1.54) is 10.9 Å². The van der Waals surface area contributed by atoms with Crippen LogP contribution in [0.4, 0.5) is 0 Å². The van der Waals surface area contributed by atoms with Gasteiger partial charge in [0.15, 0.2) is 0 Å². The first-order valence-corrected chi connectivity index (χ1v) is 7.14. The minimum absolute atomic E-state index is 0.222. The van der Waals surface area contributed by atoms with Crippen molar-refractivity contribution in [1.82, 2.24) is 4.98 Å². The van der Waals surface area contributed by atoms with E-state index in [2.05, 4.69) is 23.2 Å². The van der Waals surface area contributed by atoms with Crippen LogP contribution >= 0.6 is 0 Å². The lowest BCUT2D eigenvalue weighted by Gasteiger charge is -2.06. The van der Waals surface area contributed by atoms with Gasteiger partial charge < -0.3 is 14.8 Å². The van der Waals surface area contributed by atoms with Crippen LogP contribution in [0.2, 0.25) is 0 Å². The average Bonchev–Trinajstić information content (AvgIpc) is 3.02. The highest BCUT2D eigenvalue weighted by Crippen LogP contribution is 2.20. The predicted molar refractivity (Wildman–Crippen MR) is 87.0 cm³/mol. The fourth-order valence-electron chi connectivity index (χ4n) is 1.86. The van der Waals surface area contributed by atoms with Gasteiger partial charge in [0.25, 0.3) is 0 Å². The molecular weight excluding hydrogens is 278 g/mol. The highest BCUT2D eigenvalue weighted by Gasteiger charge is 1.98. The third-order valence-electron chi connectivity index (χ3n) is 3.08. The van der Waals surface area contributed by atoms with Crippen LogP contribution in [-0.2, 0) is 11.4 Å². The molecule has 1 aromatic heterocycles. The molecule has 0 atom stereocenters. The number of aliphatic carboxylic acids is 1. The smallest absolute Gasteiger partial charge is 0.303 e. The van der Waals surface area contributed by atoms with E-state index in [1.54, 1.807) is 6.92 Å². The Labute approximate surface area is 129 Å². The summed E-state index contributed by atoms with van der Waals surface area (Å²) in [5.41, 5.74) is 2.32. The van der Waals surface area contributed by atoms with E-state index >= 15 is 0 Å². The van der Waals surface area contributed by atoms with Gasteiger partial charge in [-0.05, 0) is 29.8 Å². The molecule has 4 heteroatoms. The molecule has 0 aliphatic rings. The summed E-state index contributed by atoms with van der Waals surface area (Å²) in [7, 11) is 0. The molecule has 22 heavy (non-hydrogen) atoms. The zero-order valence-corrected chi connectivity index (χ0v) is 12.5. The van der Waals surface area contributed by atoms with Crippen LogP contribution in [0.5, 0.6) is 5.75 Å². The number of aromatic amines is 1. The second-order valence-electron chi connectivity index (χ2n) is 4.75. The summed E-state index contributed by atoms with van der Waals surface area (Å²) in [6.07, 6.45) is 2.16. The summed E-state index contributed by atoms with van der Waals surface area (Å²) in [5.74, 6) is 0.158. The number of H-pyrrole nitrogens is 1. The third-order valence-corrected chi connectivity index (χ3v) is 3.08. The summed E-state index contributed by atoms with van der Waals surface area (Å²) >= 11 is 0. The van der Waals surface area contributed by atoms with Gasteiger partial charge in [-0.2, -0.15) is 0 Å². The molecule has 0 unspecified atom stereocenters. The molecule has 4 nitrogen and oxygen atoms in total. The topological polar surface area (TPSA) is 62.3 Å². The lowest BCUT2D eigenvalue weighted by atomic mass is 10.2.